The van der Waals surface area contributed by atoms with Crippen LogP contribution in [0.4, 0.5) is 11.4 Å². The fraction of sp³-hybridized carbons (Fsp3) is 0.160. The molecule has 2 N–H and O–H groups in total. The maximum absolute atomic E-state index is 12.5. The summed E-state index contributed by atoms with van der Waals surface area (Å²) in [5.41, 5.74) is 3.73. The van der Waals surface area contributed by atoms with Crippen molar-refractivity contribution in [2.75, 3.05) is 5.32 Å². The third-order valence-corrected chi connectivity index (χ3v) is 5.48. The molecule has 10 nitrogen and oxygen atoms in total. The number of carbonyl (C=O) groups is 2. The fourth-order valence-corrected chi connectivity index (χ4v) is 3.63. The van der Waals surface area contributed by atoms with Gasteiger partial charge in [-0.2, -0.15) is 5.10 Å². The molecule has 0 aliphatic carbocycles. The standard InChI is InChI=1S/C25H23N5O5/c1-16-23(30(33)34)17(2)29(28-16)15-19-5-9-20(10-6-19)24(31)26-14-18-7-11-21(12-8-18)27-25(32)22-4-3-13-35-22/h3-13H,14-15H2,1-2H3,(H,26,31)(H,27,32). The largest absolute Gasteiger partial charge is 0.459 e. The summed E-state index contributed by atoms with van der Waals surface area (Å²) in [6.07, 6.45) is 1.43. The number of nitro groups is 1. The Hall–Kier alpha value is -4.73. The van der Waals surface area contributed by atoms with E-state index in [4.69, 9.17) is 4.42 Å². The van der Waals surface area contributed by atoms with Crippen molar-refractivity contribution in [1.29, 1.82) is 0 Å². The van der Waals surface area contributed by atoms with E-state index in [-0.39, 0.29) is 23.3 Å². The molecule has 0 radical (unpaired) electrons. The Labute approximate surface area is 200 Å². The number of carbonyl (C=O) groups excluding carboxylic acids is 2. The van der Waals surface area contributed by atoms with Crippen molar-refractivity contribution in [2.24, 2.45) is 0 Å². The van der Waals surface area contributed by atoms with Gasteiger partial charge in [-0.05, 0) is 61.4 Å². The summed E-state index contributed by atoms with van der Waals surface area (Å²) in [5, 5.41) is 21.0. The number of anilines is 1. The molecule has 2 amide bonds. The molecule has 0 saturated heterocycles. The van der Waals surface area contributed by atoms with Gasteiger partial charge in [0.1, 0.15) is 11.4 Å². The summed E-state index contributed by atoms with van der Waals surface area (Å²) in [6.45, 7) is 3.97. The van der Waals surface area contributed by atoms with Crippen molar-refractivity contribution in [3.8, 4) is 0 Å². The number of hydrogen-bond acceptors (Lipinski definition) is 6. The molecule has 10 heteroatoms. The number of benzene rings is 2. The minimum Gasteiger partial charge on any atom is -0.459 e. The third kappa shape index (κ3) is 5.44. The summed E-state index contributed by atoms with van der Waals surface area (Å²) in [5.74, 6) is -0.340. The molecule has 0 unspecified atom stereocenters. The average Bonchev–Trinajstić information content (AvgIpc) is 3.47. The second kappa shape index (κ2) is 10.0. The van der Waals surface area contributed by atoms with Gasteiger partial charge in [0, 0.05) is 17.8 Å². The van der Waals surface area contributed by atoms with Crippen molar-refractivity contribution in [3.63, 3.8) is 0 Å². The van der Waals surface area contributed by atoms with Gasteiger partial charge in [0.25, 0.3) is 11.8 Å². The van der Waals surface area contributed by atoms with Gasteiger partial charge in [-0.3, -0.25) is 24.4 Å². The van der Waals surface area contributed by atoms with Gasteiger partial charge < -0.3 is 15.1 Å². The van der Waals surface area contributed by atoms with E-state index in [0.29, 0.717) is 35.7 Å². The number of rotatable bonds is 8. The number of aryl methyl sites for hydroxylation is 1. The first kappa shape index (κ1) is 23.4. The maximum Gasteiger partial charge on any atom is 0.312 e. The van der Waals surface area contributed by atoms with Gasteiger partial charge in [-0.25, -0.2) is 0 Å². The predicted octanol–water partition coefficient (Wildman–Crippen LogP) is 4.23. The molecule has 2 aromatic carbocycles. The van der Waals surface area contributed by atoms with Crippen LogP contribution < -0.4 is 10.6 Å². The van der Waals surface area contributed by atoms with E-state index in [9.17, 15) is 19.7 Å². The Kier molecular flexibility index (Phi) is 6.72. The lowest BCUT2D eigenvalue weighted by atomic mass is 10.1. The van der Waals surface area contributed by atoms with E-state index in [0.717, 1.165) is 11.1 Å². The quantitative estimate of drug-likeness (QED) is 0.291. The van der Waals surface area contributed by atoms with Crippen LogP contribution in [-0.4, -0.2) is 26.5 Å². The molecule has 0 spiro atoms. The first-order chi connectivity index (χ1) is 16.8. The Balaban J connectivity index is 1.31. The van der Waals surface area contributed by atoms with E-state index < -0.39 is 4.92 Å². The second-order valence-corrected chi connectivity index (χ2v) is 7.94. The lowest BCUT2D eigenvalue weighted by Gasteiger charge is -2.08. The summed E-state index contributed by atoms with van der Waals surface area (Å²) >= 11 is 0. The number of nitrogens with one attached hydrogen (secondary N) is 2. The van der Waals surface area contributed by atoms with Gasteiger partial charge in [0.2, 0.25) is 0 Å². The van der Waals surface area contributed by atoms with E-state index in [1.807, 2.05) is 12.1 Å². The van der Waals surface area contributed by atoms with Crippen molar-refractivity contribution >= 4 is 23.2 Å². The zero-order chi connectivity index (χ0) is 24.9. The predicted molar refractivity (Wildman–Crippen MR) is 128 cm³/mol. The molecule has 0 atom stereocenters. The topological polar surface area (TPSA) is 132 Å². The van der Waals surface area contributed by atoms with Gasteiger partial charge in [-0.15, -0.1) is 0 Å². The molecule has 178 valence electrons. The Morgan fingerprint density at radius 1 is 1.00 bits per heavy atom. The van der Waals surface area contributed by atoms with Crippen LogP contribution in [-0.2, 0) is 13.1 Å². The van der Waals surface area contributed by atoms with Gasteiger partial charge in [0.05, 0.1) is 17.7 Å². The summed E-state index contributed by atoms with van der Waals surface area (Å²) in [6, 6.07) is 17.4. The van der Waals surface area contributed by atoms with Crippen molar-refractivity contribution in [3.05, 3.63) is 111 Å². The van der Waals surface area contributed by atoms with Crippen LogP contribution >= 0.6 is 0 Å². The van der Waals surface area contributed by atoms with Crippen LogP contribution in [0, 0.1) is 24.0 Å². The zero-order valence-corrected chi connectivity index (χ0v) is 19.1. The Morgan fingerprint density at radius 3 is 2.29 bits per heavy atom. The molecular formula is C25H23N5O5. The normalized spacial score (nSPS) is 10.7. The lowest BCUT2D eigenvalue weighted by Crippen LogP contribution is -2.22. The maximum atomic E-state index is 12.5. The van der Waals surface area contributed by atoms with Crippen LogP contribution in [0.25, 0.3) is 0 Å². The van der Waals surface area contributed by atoms with Crippen LogP contribution in [0.1, 0.15) is 43.4 Å². The van der Waals surface area contributed by atoms with Gasteiger partial charge in [0.15, 0.2) is 5.76 Å². The molecule has 0 saturated carbocycles. The van der Waals surface area contributed by atoms with Crippen LogP contribution in [0.3, 0.4) is 0 Å². The third-order valence-electron chi connectivity index (χ3n) is 5.48. The minimum atomic E-state index is -0.424. The Bertz CT molecular complexity index is 1360. The number of amides is 2. The number of furan rings is 1. The van der Waals surface area contributed by atoms with Crippen LogP contribution in [0.2, 0.25) is 0 Å². The molecule has 35 heavy (non-hydrogen) atoms. The molecule has 0 fully saturated rings. The van der Waals surface area contributed by atoms with E-state index in [2.05, 4.69) is 15.7 Å². The fourth-order valence-electron chi connectivity index (χ4n) is 3.63. The zero-order valence-electron chi connectivity index (χ0n) is 19.1. The molecule has 2 heterocycles. The number of hydrogen-bond donors (Lipinski definition) is 2. The molecular weight excluding hydrogens is 450 g/mol. The van der Waals surface area contributed by atoms with Gasteiger partial charge >= 0.3 is 5.69 Å². The molecule has 0 aliphatic heterocycles. The molecule has 4 aromatic rings. The Morgan fingerprint density at radius 2 is 1.69 bits per heavy atom. The highest BCUT2D eigenvalue weighted by molar-refractivity contribution is 6.02. The minimum absolute atomic E-state index is 0.0222. The van der Waals surface area contributed by atoms with Crippen molar-refractivity contribution in [1.82, 2.24) is 15.1 Å². The van der Waals surface area contributed by atoms with Crippen LogP contribution in [0.15, 0.2) is 71.3 Å². The summed E-state index contributed by atoms with van der Waals surface area (Å²) in [4.78, 5) is 35.3. The van der Waals surface area contributed by atoms with Crippen LogP contribution in [0.5, 0.6) is 0 Å². The molecule has 0 bridgehead atoms. The smallest absolute Gasteiger partial charge is 0.312 e. The van der Waals surface area contributed by atoms with Gasteiger partial charge in [-0.1, -0.05) is 24.3 Å². The highest BCUT2D eigenvalue weighted by Crippen LogP contribution is 2.22. The van der Waals surface area contributed by atoms with Crippen molar-refractivity contribution in [2.45, 2.75) is 26.9 Å². The first-order valence-electron chi connectivity index (χ1n) is 10.8. The van der Waals surface area contributed by atoms with Crippen molar-refractivity contribution < 1.29 is 18.9 Å². The molecule has 4 rings (SSSR count). The van der Waals surface area contributed by atoms with E-state index in [1.54, 1.807) is 67.1 Å². The molecule has 0 aliphatic rings. The molecule has 2 aromatic heterocycles. The van der Waals surface area contributed by atoms with E-state index in [1.165, 1.54) is 6.26 Å². The highest BCUT2D eigenvalue weighted by Gasteiger charge is 2.21. The average molecular weight is 473 g/mol. The summed E-state index contributed by atoms with van der Waals surface area (Å²) in [7, 11) is 0. The SMILES string of the molecule is Cc1nn(Cc2ccc(C(=O)NCc3ccc(NC(=O)c4ccco4)cc3)cc2)c(C)c1[N+](=O)[O-]. The second-order valence-electron chi connectivity index (χ2n) is 7.94. The lowest BCUT2D eigenvalue weighted by molar-refractivity contribution is -0.386. The highest BCUT2D eigenvalue weighted by atomic mass is 16.6. The van der Waals surface area contributed by atoms with E-state index >= 15 is 0 Å². The number of nitrogens with zero attached hydrogens (tertiary/aromatic N) is 3. The monoisotopic (exact) mass is 473 g/mol. The first-order valence-corrected chi connectivity index (χ1v) is 10.8. The summed E-state index contributed by atoms with van der Waals surface area (Å²) < 4.78 is 6.65. The number of aromatic nitrogens is 2.